The third-order valence-corrected chi connectivity index (χ3v) is 2.52. The van der Waals surface area contributed by atoms with E-state index in [0.717, 1.165) is 11.1 Å². The van der Waals surface area contributed by atoms with Gasteiger partial charge in [0.1, 0.15) is 12.4 Å². The highest BCUT2D eigenvalue weighted by molar-refractivity contribution is 5.77. The van der Waals surface area contributed by atoms with Crippen LogP contribution in [0.4, 0.5) is 13.2 Å². The summed E-state index contributed by atoms with van der Waals surface area (Å²) in [6.45, 7) is 2.11. The van der Waals surface area contributed by atoms with Gasteiger partial charge in [0.2, 0.25) is 0 Å². The van der Waals surface area contributed by atoms with Crippen LogP contribution < -0.4 is 10.1 Å². The summed E-state index contributed by atoms with van der Waals surface area (Å²) in [7, 11) is 0. The molecule has 0 fully saturated rings. The van der Waals surface area contributed by atoms with Crippen molar-refractivity contribution in [2.75, 3.05) is 26.4 Å². The molecule has 7 heteroatoms. The van der Waals surface area contributed by atoms with Crippen molar-refractivity contribution >= 4 is 5.91 Å². The lowest BCUT2D eigenvalue weighted by atomic mass is 10.1. The number of rotatable bonds is 7. The van der Waals surface area contributed by atoms with Crippen LogP contribution in [0.25, 0.3) is 0 Å². The molecule has 0 saturated heterocycles. The third-order valence-electron chi connectivity index (χ3n) is 2.52. The summed E-state index contributed by atoms with van der Waals surface area (Å²) in [6, 6.07) is 5.56. The zero-order valence-corrected chi connectivity index (χ0v) is 11.9. The van der Waals surface area contributed by atoms with Gasteiger partial charge in [-0.2, -0.15) is 13.2 Å². The topological polar surface area (TPSA) is 47.6 Å². The summed E-state index contributed by atoms with van der Waals surface area (Å²) in [5.74, 6) is 0.189. The number of aryl methyl sites for hydroxylation is 2. The van der Waals surface area contributed by atoms with Gasteiger partial charge in [0.25, 0.3) is 5.91 Å². The predicted octanol–water partition coefficient (Wildman–Crippen LogP) is 2.38. The van der Waals surface area contributed by atoms with Gasteiger partial charge in [-0.3, -0.25) is 4.79 Å². The Hall–Kier alpha value is -1.76. The van der Waals surface area contributed by atoms with Gasteiger partial charge in [-0.15, -0.1) is 0 Å². The normalized spacial score (nSPS) is 11.3. The molecule has 1 N–H and O–H groups in total. The van der Waals surface area contributed by atoms with E-state index >= 15 is 0 Å². The van der Waals surface area contributed by atoms with E-state index in [1.807, 2.05) is 26.0 Å². The molecule has 0 spiro atoms. The highest BCUT2D eigenvalue weighted by Crippen LogP contribution is 2.18. The highest BCUT2D eigenvalue weighted by Gasteiger charge is 2.27. The van der Waals surface area contributed by atoms with E-state index in [1.54, 1.807) is 6.07 Å². The van der Waals surface area contributed by atoms with Crippen LogP contribution in [-0.2, 0) is 9.53 Å². The highest BCUT2D eigenvalue weighted by atomic mass is 19.4. The minimum absolute atomic E-state index is 0.00511. The number of alkyl halides is 3. The maximum Gasteiger partial charge on any atom is 0.411 e. The van der Waals surface area contributed by atoms with Gasteiger partial charge in [0.05, 0.1) is 6.61 Å². The molecule has 4 nitrogen and oxygen atoms in total. The second-order valence-electron chi connectivity index (χ2n) is 4.58. The first-order valence-electron chi connectivity index (χ1n) is 6.39. The van der Waals surface area contributed by atoms with E-state index in [9.17, 15) is 18.0 Å². The fourth-order valence-corrected chi connectivity index (χ4v) is 1.61. The molecule has 1 rings (SSSR count). The van der Waals surface area contributed by atoms with Crippen LogP contribution in [0.1, 0.15) is 11.1 Å². The van der Waals surface area contributed by atoms with E-state index < -0.39 is 18.7 Å². The molecular weight excluding hydrogens is 287 g/mol. The molecule has 0 radical (unpaired) electrons. The van der Waals surface area contributed by atoms with Crippen molar-refractivity contribution in [3.63, 3.8) is 0 Å². The van der Waals surface area contributed by atoms with Crippen molar-refractivity contribution in [2.24, 2.45) is 0 Å². The largest absolute Gasteiger partial charge is 0.484 e. The van der Waals surface area contributed by atoms with E-state index in [4.69, 9.17) is 4.74 Å². The Bertz CT molecular complexity index is 475. The van der Waals surface area contributed by atoms with Crippen molar-refractivity contribution in [3.05, 3.63) is 29.3 Å². The molecule has 1 aromatic carbocycles. The molecule has 0 unspecified atom stereocenters. The quantitative estimate of drug-likeness (QED) is 0.787. The first-order chi connectivity index (χ1) is 9.78. The molecule has 0 atom stereocenters. The van der Waals surface area contributed by atoms with Gasteiger partial charge in [-0.05, 0) is 25.5 Å². The molecule has 0 bridgehead atoms. The number of hydrogen-bond donors (Lipinski definition) is 1. The van der Waals surface area contributed by atoms with Crippen molar-refractivity contribution in [1.82, 2.24) is 5.32 Å². The summed E-state index contributed by atoms with van der Waals surface area (Å²) in [5, 5.41) is 2.41. The molecule has 0 aliphatic heterocycles. The Morgan fingerprint density at radius 2 is 2.00 bits per heavy atom. The number of hydrogen-bond acceptors (Lipinski definition) is 3. The van der Waals surface area contributed by atoms with Gasteiger partial charge in [-0.1, -0.05) is 17.7 Å². The summed E-state index contributed by atoms with van der Waals surface area (Å²) in [4.78, 5) is 11.4. The molecule has 1 amide bonds. The first kappa shape index (κ1) is 17.3. The Morgan fingerprint density at radius 3 is 2.62 bits per heavy atom. The van der Waals surface area contributed by atoms with E-state index in [-0.39, 0.29) is 19.8 Å². The molecule has 1 aromatic rings. The number of nitrogens with one attached hydrogen (secondary N) is 1. The SMILES string of the molecule is Cc1ccc(OCC(=O)NCCOCC(F)(F)F)c(C)c1. The Kier molecular flexibility index (Phi) is 6.48. The second-order valence-corrected chi connectivity index (χ2v) is 4.58. The zero-order valence-electron chi connectivity index (χ0n) is 11.9. The number of benzene rings is 1. The standard InChI is InChI=1S/C14H18F3NO3/c1-10-3-4-12(11(2)7-10)21-8-13(19)18-5-6-20-9-14(15,16)17/h3-4,7H,5-6,8-9H2,1-2H3,(H,18,19). The molecule has 118 valence electrons. The van der Waals surface area contributed by atoms with Gasteiger partial charge in [-0.25, -0.2) is 0 Å². The summed E-state index contributed by atoms with van der Waals surface area (Å²) < 4.78 is 45.0. The average molecular weight is 305 g/mol. The van der Waals surface area contributed by atoms with Crippen LogP contribution in [0, 0.1) is 13.8 Å². The average Bonchev–Trinajstić information content (AvgIpc) is 2.36. The lowest BCUT2D eigenvalue weighted by Gasteiger charge is -2.11. The maximum absolute atomic E-state index is 11.8. The Balaban J connectivity index is 2.19. The van der Waals surface area contributed by atoms with Crippen molar-refractivity contribution in [1.29, 1.82) is 0 Å². The lowest BCUT2D eigenvalue weighted by molar-refractivity contribution is -0.173. The minimum Gasteiger partial charge on any atom is -0.484 e. The second kappa shape index (κ2) is 7.87. The van der Waals surface area contributed by atoms with Crippen molar-refractivity contribution < 1.29 is 27.4 Å². The number of amides is 1. The third kappa shape index (κ3) is 7.55. The molecule has 0 aliphatic carbocycles. The predicted molar refractivity (Wildman–Crippen MR) is 71.3 cm³/mol. The monoisotopic (exact) mass is 305 g/mol. The Labute approximate surface area is 121 Å². The van der Waals surface area contributed by atoms with Gasteiger partial charge < -0.3 is 14.8 Å². The van der Waals surface area contributed by atoms with Crippen LogP contribution in [0.5, 0.6) is 5.75 Å². The molecule has 0 saturated carbocycles. The van der Waals surface area contributed by atoms with Crippen LogP contribution in [0.2, 0.25) is 0 Å². The molecule has 0 aliphatic rings. The van der Waals surface area contributed by atoms with Gasteiger partial charge in [0.15, 0.2) is 6.61 Å². The van der Waals surface area contributed by atoms with E-state index in [2.05, 4.69) is 10.1 Å². The molecule has 0 aromatic heterocycles. The van der Waals surface area contributed by atoms with E-state index in [0.29, 0.717) is 5.75 Å². The number of ether oxygens (including phenoxy) is 2. The number of halogens is 3. The molecular formula is C14H18F3NO3. The fourth-order valence-electron chi connectivity index (χ4n) is 1.61. The summed E-state index contributed by atoms with van der Waals surface area (Å²) >= 11 is 0. The van der Waals surface area contributed by atoms with Crippen LogP contribution in [-0.4, -0.2) is 38.4 Å². The Morgan fingerprint density at radius 1 is 1.29 bits per heavy atom. The van der Waals surface area contributed by atoms with Crippen LogP contribution in [0.15, 0.2) is 18.2 Å². The first-order valence-corrected chi connectivity index (χ1v) is 6.39. The van der Waals surface area contributed by atoms with Gasteiger partial charge >= 0.3 is 6.18 Å². The van der Waals surface area contributed by atoms with E-state index in [1.165, 1.54) is 0 Å². The van der Waals surface area contributed by atoms with Crippen LogP contribution >= 0.6 is 0 Å². The van der Waals surface area contributed by atoms with Crippen molar-refractivity contribution in [3.8, 4) is 5.75 Å². The smallest absolute Gasteiger partial charge is 0.411 e. The summed E-state index contributed by atoms with van der Waals surface area (Å²) in [5.41, 5.74) is 2.00. The van der Waals surface area contributed by atoms with Crippen LogP contribution in [0.3, 0.4) is 0 Å². The van der Waals surface area contributed by atoms with Gasteiger partial charge in [0, 0.05) is 6.54 Å². The fraction of sp³-hybridized carbons (Fsp3) is 0.500. The lowest BCUT2D eigenvalue weighted by Crippen LogP contribution is -2.32. The summed E-state index contributed by atoms with van der Waals surface area (Å²) in [6.07, 6.45) is -4.35. The van der Waals surface area contributed by atoms with Crippen molar-refractivity contribution in [2.45, 2.75) is 20.0 Å². The zero-order chi connectivity index (χ0) is 15.9. The number of carbonyl (C=O) groups excluding carboxylic acids is 1. The molecule has 0 heterocycles. The minimum atomic E-state index is -4.35. The number of carbonyl (C=O) groups is 1. The maximum atomic E-state index is 11.8. The molecule has 21 heavy (non-hydrogen) atoms.